The average molecular weight is 224 g/mol. The average Bonchev–Trinajstić information content (AvgIpc) is 2.14. The zero-order chi connectivity index (χ0) is 10.7. The molecule has 0 aromatic heterocycles. The van der Waals surface area contributed by atoms with Gasteiger partial charge in [-0.05, 0) is 24.5 Å². The molecule has 2 rings (SSSR count). The number of benzene rings is 1. The molecular weight excluding hydrogens is 210 g/mol. The lowest BCUT2D eigenvalue weighted by molar-refractivity contribution is -0.134. The van der Waals surface area contributed by atoms with Crippen molar-refractivity contribution in [2.24, 2.45) is 0 Å². The third-order valence-electron chi connectivity index (χ3n) is 2.77. The maximum absolute atomic E-state index is 11.6. The van der Waals surface area contributed by atoms with Crippen LogP contribution in [0.15, 0.2) is 24.3 Å². The van der Waals surface area contributed by atoms with E-state index in [1.807, 2.05) is 29.2 Å². The summed E-state index contributed by atoms with van der Waals surface area (Å²) in [4.78, 5) is 13.5. The number of amides is 1. The molecule has 0 saturated carbocycles. The number of hydrogen-bond donors (Lipinski definition) is 0. The Balaban J connectivity index is 1.87. The summed E-state index contributed by atoms with van der Waals surface area (Å²) in [7, 11) is 0. The number of rotatable bonds is 3. The van der Waals surface area contributed by atoms with Gasteiger partial charge in [-0.2, -0.15) is 0 Å². The van der Waals surface area contributed by atoms with Crippen LogP contribution in [-0.4, -0.2) is 23.9 Å². The Morgan fingerprint density at radius 2 is 2.07 bits per heavy atom. The van der Waals surface area contributed by atoms with Crippen LogP contribution in [0.25, 0.3) is 0 Å². The Kier molecular flexibility index (Phi) is 3.27. The molecule has 0 atom stereocenters. The van der Waals surface area contributed by atoms with E-state index in [0.717, 1.165) is 36.5 Å². The van der Waals surface area contributed by atoms with E-state index in [1.165, 1.54) is 0 Å². The zero-order valence-corrected chi connectivity index (χ0v) is 9.33. The SMILES string of the molecule is O=C(CCc1ccccc1Cl)N1CCC1. The third kappa shape index (κ3) is 2.51. The molecule has 1 fully saturated rings. The summed E-state index contributed by atoms with van der Waals surface area (Å²) < 4.78 is 0. The fraction of sp³-hybridized carbons (Fsp3) is 0.417. The number of hydrogen-bond acceptors (Lipinski definition) is 1. The second kappa shape index (κ2) is 4.67. The van der Waals surface area contributed by atoms with Gasteiger partial charge in [-0.25, -0.2) is 0 Å². The van der Waals surface area contributed by atoms with Crippen LogP contribution >= 0.6 is 11.6 Å². The van der Waals surface area contributed by atoms with E-state index in [1.54, 1.807) is 0 Å². The molecule has 1 aliphatic heterocycles. The van der Waals surface area contributed by atoms with Crippen molar-refractivity contribution in [1.82, 2.24) is 4.90 Å². The van der Waals surface area contributed by atoms with Crippen LogP contribution in [0, 0.1) is 0 Å². The van der Waals surface area contributed by atoms with Gasteiger partial charge in [0, 0.05) is 24.5 Å². The Hall–Kier alpha value is -1.02. The summed E-state index contributed by atoms with van der Waals surface area (Å²) in [5, 5.41) is 0.758. The van der Waals surface area contributed by atoms with Gasteiger partial charge in [0.05, 0.1) is 0 Å². The van der Waals surface area contributed by atoms with Crippen LogP contribution in [0.4, 0.5) is 0 Å². The lowest BCUT2D eigenvalue weighted by Gasteiger charge is -2.30. The first-order chi connectivity index (χ1) is 7.27. The molecule has 1 aromatic rings. The van der Waals surface area contributed by atoms with Crippen LogP contribution in [0.2, 0.25) is 5.02 Å². The van der Waals surface area contributed by atoms with Gasteiger partial charge in [0.1, 0.15) is 0 Å². The fourth-order valence-corrected chi connectivity index (χ4v) is 1.90. The molecule has 3 heteroatoms. The minimum atomic E-state index is 0.251. The summed E-state index contributed by atoms with van der Waals surface area (Å²) in [5.41, 5.74) is 1.06. The van der Waals surface area contributed by atoms with Crippen LogP contribution in [0.5, 0.6) is 0 Å². The number of carbonyl (C=O) groups excluding carboxylic acids is 1. The predicted octanol–water partition coefficient (Wildman–Crippen LogP) is 2.50. The molecule has 1 amide bonds. The molecule has 15 heavy (non-hydrogen) atoms. The highest BCUT2D eigenvalue weighted by Crippen LogP contribution is 2.17. The number of carbonyl (C=O) groups is 1. The van der Waals surface area contributed by atoms with E-state index < -0.39 is 0 Å². The predicted molar refractivity (Wildman–Crippen MR) is 61.0 cm³/mol. The molecule has 1 saturated heterocycles. The van der Waals surface area contributed by atoms with E-state index in [0.29, 0.717) is 6.42 Å². The van der Waals surface area contributed by atoms with Crippen molar-refractivity contribution in [1.29, 1.82) is 0 Å². The summed E-state index contributed by atoms with van der Waals surface area (Å²) in [6.07, 6.45) is 2.47. The first-order valence-electron chi connectivity index (χ1n) is 5.28. The highest BCUT2D eigenvalue weighted by atomic mass is 35.5. The molecule has 0 unspecified atom stereocenters. The topological polar surface area (TPSA) is 20.3 Å². The summed E-state index contributed by atoms with van der Waals surface area (Å²) in [6, 6.07) is 7.70. The molecule has 0 radical (unpaired) electrons. The summed E-state index contributed by atoms with van der Waals surface area (Å²) >= 11 is 6.01. The fourth-order valence-electron chi connectivity index (χ4n) is 1.67. The Morgan fingerprint density at radius 3 is 2.67 bits per heavy atom. The molecule has 0 spiro atoms. The molecule has 1 aromatic carbocycles. The van der Waals surface area contributed by atoms with E-state index >= 15 is 0 Å². The van der Waals surface area contributed by atoms with Crippen LogP contribution < -0.4 is 0 Å². The minimum absolute atomic E-state index is 0.251. The normalized spacial score (nSPS) is 14.9. The third-order valence-corrected chi connectivity index (χ3v) is 3.14. The summed E-state index contributed by atoms with van der Waals surface area (Å²) in [6.45, 7) is 1.86. The second-order valence-corrected chi connectivity index (χ2v) is 4.23. The van der Waals surface area contributed by atoms with Gasteiger partial charge in [0.2, 0.25) is 5.91 Å². The number of nitrogens with zero attached hydrogens (tertiary/aromatic N) is 1. The van der Waals surface area contributed by atoms with E-state index in [-0.39, 0.29) is 5.91 Å². The van der Waals surface area contributed by atoms with Crippen molar-refractivity contribution in [3.05, 3.63) is 34.9 Å². The molecule has 0 aliphatic carbocycles. The van der Waals surface area contributed by atoms with Crippen molar-refractivity contribution < 1.29 is 4.79 Å². The van der Waals surface area contributed by atoms with Gasteiger partial charge >= 0.3 is 0 Å². The molecule has 1 heterocycles. The van der Waals surface area contributed by atoms with E-state index in [9.17, 15) is 4.79 Å². The van der Waals surface area contributed by atoms with Gasteiger partial charge in [-0.15, -0.1) is 0 Å². The first-order valence-corrected chi connectivity index (χ1v) is 5.66. The highest BCUT2D eigenvalue weighted by Gasteiger charge is 2.19. The maximum atomic E-state index is 11.6. The molecular formula is C12H14ClNO. The summed E-state index contributed by atoms with van der Waals surface area (Å²) in [5.74, 6) is 0.251. The van der Waals surface area contributed by atoms with Crippen LogP contribution in [-0.2, 0) is 11.2 Å². The molecule has 0 bridgehead atoms. The molecule has 1 aliphatic rings. The Labute approximate surface area is 94.8 Å². The number of halogens is 1. The zero-order valence-electron chi connectivity index (χ0n) is 8.58. The Bertz CT molecular complexity index is 360. The quantitative estimate of drug-likeness (QED) is 0.771. The largest absolute Gasteiger partial charge is 0.343 e. The Morgan fingerprint density at radius 1 is 1.33 bits per heavy atom. The van der Waals surface area contributed by atoms with Crippen LogP contribution in [0.3, 0.4) is 0 Å². The number of likely N-dealkylation sites (tertiary alicyclic amines) is 1. The van der Waals surface area contributed by atoms with Gasteiger partial charge in [0.15, 0.2) is 0 Å². The molecule has 2 nitrogen and oxygen atoms in total. The molecule has 0 N–H and O–H groups in total. The first kappa shape index (κ1) is 10.5. The minimum Gasteiger partial charge on any atom is -0.343 e. The lowest BCUT2D eigenvalue weighted by Crippen LogP contribution is -2.42. The van der Waals surface area contributed by atoms with E-state index in [4.69, 9.17) is 11.6 Å². The van der Waals surface area contributed by atoms with Crippen LogP contribution in [0.1, 0.15) is 18.4 Å². The van der Waals surface area contributed by atoms with Crippen molar-refractivity contribution in [3.63, 3.8) is 0 Å². The van der Waals surface area contributed by atoms with Gasteiger partial charge in [0.25, 0.3) is 0 Å². The molecule has 80 valence electrons. The van der Waals surface area contributed by atoms with Crippen molar-refractivity contribution in [2.45, 2.75) is 19.3 Å². The van der Waals surface area contributed by atoms with Crippen molar-refractivity contribution in [3.8, 4) is 0 Å². The number of aryl methyl sites for hydroxylation is 1. The highest BCUT2D eigenvalue weighted by molar-refractivity contribution is 6.31. The van der Waals surface area contributed by atoms with Gasteiger partial charge in [-0.1, -0.05) is 29.8 Å². The van der Waals surface area contributed by atoms with E-state index in [2.05, 4.69) is 0 Å². The van der Waals surface area contributed by atoms with Crippen molar-refractivity contribution in [2.75, 3.05) is 13.1 Å². The van der Waals surface area contributed by atoms with Crippen molar-refractivity contribution >= 4 is 17.5 Å². The smallest absolute Gasteiger partial charge is 0.222 e. The second-order valence-electron chi connectivity index (χ2n) is 3.83. The van der Waals surface area contributed by atoms with Gasteiger partial charge in [-0.3, -0.25) is 4.79 Å². The maximum Gasteiger partial charge on any atom is 0.222 e. The standard InChI is InChI=1S/C12H14ClNO/c13-11-5-2-1-4-10(11)6-7-12(15)14-8-3-9-14/h1-2,4-5H,3,6-9H2. The monoisotopic (exact) mass is 223 g/mol. The lowest BCUT2D eigenvalue weighted by atomic mass is 10.1. The van der Waals surface area contributed by atoms with Gasteiger partial charge < -0.3 is 4.90 Å².